The molecule has 5 unspecified atom stereocenters. The molecule has 0 aliphatic heterocycles. The van der Waals surface area contributed by atoms with Crippen molar-refractivity contribution >= 4 is 5.91 Å². The minimum Gasteiger partial charge on any atom is -0.356 e. The molecule has 0 aromatic rings. The number of nitrogens with one attached hydrogen (secondary N) is 1. The van der Waals surface area contributed by atoms with E-state index in [9.17, 15) is 4.79 Å². The van der Waals surface area contributed by atoms with Gasteiger partial charge in [0.1, 0.15) is 0 Å². The molecular formula is C16H30N2O. The Morgan fingerprint density at radius 3 is 2.58 bits per heavy atom. The highest BCUT2D eigenvalue weighted by Crippen LogP contribution is 2.31. The summed E-state index contributed by atoms with van der Waals surface area (Å²) in [4.78, 5) is 12.3. The van der Waals surface area contributed by atoms with E-state index < -0.39 is 0 Å². The summed E-state index contributed by atoms with van der Waals surface area (Å²) in [5, 5.41) is 3.21. The maximum Gasteiger partial charge on any atom is 0.223 e. The fourth-order valence-electron chi connectivity index (χ4n) is 3.83. The van der Waals surface area contributed by atoms with Crippen LogP contribution in [-0.4, -0.2) is 18.5 Å². The van der Waals surface area contributed by atoms with Crippen LogP contribution in [0.1, 0.15) is 58.8 Å². The molecule has 0 spiro atoms. The smallest absolute Gasteiger partial charge is 0.223 e. The first-order valence-electron chi connectivity index (χ1n) is 8.13. The van der Waals surface area contributed by atoms with E-state index >= 15 is 0 Å². The molecule has 5 atom stereocenters. The quantitative estimate of drug-likeness (QED) is 0.825. The second-order valence-corrected chi connectivity index (χ2v) is 6.83. The molecule has 0 heterocycles. The fourth-order valence-corrected chi connectivity index (χ4v) is 3.83. The van der Waals surface area contributed by atoms with Crippen molar-refractivity contribution in [2.24, 2.45) is 29.4 Å². The lowest BCUT2D eigenvalue weighted by Gasteiger charge is -2.34. The zero-order valence-corrected chi connectivity index (χ0v) is 12.5. The molecule has 0 bridgehead atoms. The Hall–Kier alpha value is -0.570. The summed E-state index contributed by atoms with van der Waals surface area (Å²) < 4.78 is 0. The predicted molar refractivity (Wildman–Crippen MR) is 78.6 cm³/mol. The molecule has 3 nitrogen and oxygen atoms in total. The van der Waals surface area contributed by atoms with Crippen LogP contribution < -0.4 is 11.1 Å². The number of carbonyl (C=O) groups excluding carboxylic acids is 1. The van der Waals surface area contributed by atoms with Gasteiger partial charge in [0.25, 0.3) is 0 Å². The summed E-state index contributed by atoms with van der Waals surface area (Å²) in [6.07, 6.45) is 8.48. The number of hydrogen-bond donors (Lipinski definition) is 2. The maximum absolute atomic E-state index is 12.3. The van der Waals surface area contributed by atoms with Crippen molar-refractivity contribution in [1.29, 1.82) is 0 Å². The molecule has 3 N–H and O–H groups in total. The first-order chi connectivity index (χ1) is 9.09. The topological polar surface area (TPSA) is 55.1 Å². The van der Waals surface area contributed by atoms with Gasteiger partial charge in [-0.1, -0.05) is 39.5 Å². The van der Waals surface area contributed by atoms with Crippen LogP contribution in [0.15, 0.2) is 0 Å². The number of hydrogen-bond acceptors (Lipinski definition) is 2. The van der Waals surface area contributed by atoms with Crippen LogP contribution in [0.2, 0.25) is 0 Å². The van der Waals surface area contributed by atoms with Crippen molar-refractivity contribution in [3.05, 3.63) is 0 Å². The van der Waals surface area contributed by atoms with Crippen LogP contribution in [0.25, 0.3) is 0 Å². The molecule has 2 aliphatic rings. The van der Waals surface area contributed by atoms with E-state index in [0.29, 0.717) is 11.8 Å². The molecule has 2 aliphatic carbocycles. The highest BCUT2D eigenvalue weighted by atomic mass is 16.1. The van der Waals surface area contributed by atoms with Crippen LogP contribution in [0.3, 0.4) is 0 Å². The van der Waals surface area contributed by atoms with E-state index in [1.807, 2.05) is 0 Å². The zero-order chi connectivity index (χ0) is 13.8. The summed E-state index contributed by atoms with van der Waals surface area (Å²) in [5.41, 5.74) is 6.09. The lowest BCUT2D eigenvalue weighted by Crippen LogP contribution is -2.45. The highest BCUT2D eigenvalue weighted by Gasteiger charge is 2.33. The number of carbonyl (C=O) groups is 1. The van der Waals surface area contributed by atoms with Crippen molar-refractivity contribution < 1.29 is 4.79 Å². The first-order valence-corrected chi connectivity index (χ1v) is 8.13. The SMILES string of the molecule is CC1CCCCC1CNC(=O)C1CCCC(N)C1C. The maximum atomic E-state index is 12.3. The van der Waals surface area contributed by atoms with Gasteiger partial charge in [-0.15, -0.1) is 0 Å². The normalized spacial score (nSPS) is 39.8. The minimum atomic E-state index is 0.141. The first kappa shape index (κ1) is 14.8. The van der Waals surface area contributed by atoms with E-state index in [4.69, 9.17) is 5.73 Å². The molecule has 2 rings (SSSR count). The monoisotopic (exact) mass is 266 g/mol. The fraction of sp³-hybridized carbons (Fsp3) is 0.938. The molecule has 0 saturated heterocycles. The van der Waals surface area contributed by atoms with Gasteiger partial charge in [0, 0.05) is 18.5 Å². The molecule has 2 saturated carbocycles. The Morgan fingerprint density at radius 2 is 1.84 bits per heavy atom. The van der Waals surface area contributed by atoms with Gasteiger partial charge in [-0.05, 0) is 37.0 Å². The van der Waals surface area contributed by atoms with Crippen molar-refractivity contribution in [2.75, 3.05) is 6.54 Å². The van der Waals surface area contributed by atoms with E-state index in [1.165, 1.54) is 25.7 Å². The Balaban J connectivity index is 1.80. The van der Waals surface area contributed by atoms with Crippen molar-refractivity contribution in [3.8, 4) is 0 Å². The molecule has 110 valence electrons. The van der Waals surface area contributed by atoms with E-state index in [1.54, 1.807) is 0 Å². The van der Waals surface area contributed by atoms with Crippen LogP contribution in [0.4, 0.5) is 0 Å². The summed E-state index contributed by atoms with van der Waals surface area (Å²) in [5.74, 6) is 2.17. The Morgan fingerprint density at radius 1 is 1.11 bits per heavy atom. The molecule has 0 aromatic heterocycles. The largest absolute Gasteiger partial charge is 0.356 e. The number of rotatable bonds is 3. The minimum absolute atomic E-state index is 0.141. The van der Waals surface area contributed by atoms with Gasteiger partial charge in [0.15, 0.2) is 0 Å². The summed E-state index contributed by atoms with van der Waals surface area (Å²) in [7, 11) is 0. The summed E-state index contributed by atoms with van der Waals surface area (Å²) in [6, 6.07) is 0.207. The number of nitrogens with two attached hydrogens (primary N) is 1. The summed E-state index contributed by atoms with van der Waals surface area (Å²) >= 11 is 0. The van der Waals surface area contributed by atoms with Crippen LogP contribution >= 0.6 is 0 Å². The highest BCUT2D eigenvalue weighted by molar-refractivity contribution is 5.79. The second kappa shape index (κ2) is 6.74. The molecule has 0 radical (unpaired) electrons. The number of amides is 1. The van der Waals surface area contributed by atoms with Crippen LogP contribution in [0, 0.1) is 23.7 Å². The Kier molecular flexibility index (Phi) is 5.26. The van der Waals surface area contributed by atoms with Crippen molar-refractivity contribution in [1.82, 2.24) is 5.32 Å². The molecule has 19 heavy (non-hydrogen) atoms. The second-order valence-electron chi connectivity index (χ2n) is 6.83. The Bertz CT molecular complexity index is 305. The van der Waals surface area contributed by atoms with Gasteiger partial charge in [-0.25, -0.2) is 0 Å². The lowest BCUT2D eigenvalue weighted by molar-refractivity contribution is -0.128. The third-order valence-electron chi connectivity index (χ3n) is 5.53. The van der Waals surface area contributed by atoms with Gasteiger partial charge in [-0.2, -0.15) is 0 Å². The van der Waals surface area contributed by atoms with E-state index in [-0.39, 0.29) is 17.9 Å². The van der Waals surface area contributed by atoms with Crippen LogP contribution in [-0.2, 0) is 4.79 Å². The molecule has 2 fully saturated rings. The molecular weight excluding hydrogens is 236 g/mol. The molecule has 3 heteroatoms. The average molecular weight is 266 g/mol. The van der Waals surface area contributed by atoms with E-state index in [2.05, 4.69) is 19.2 Å². The lowest BCUT2D eigenvalue weighted by atomic mass is 9.76. The Labute approximate surface area is 117 Å². The van der Waals surface area contributed by atoms with Crippen molar-refractivity contribution in [3.63, 3.8) is 0 Å². The molecule has 0 aromatic carbocycles. The predicted octanol–water partition coefficient (Wildman–Crippen LogP) is 2.69. The third-order valence-corrected chi connectivity index (χ3v) is 5.53. The average Bonchev–Trinajstić information content (AvgIpc) is 2.40. The van der Waals surface area contributed by atoms with Gasteiger partial charge < -0.3 is 11.1 Å². The molecule has 1 amide bonds. The van der Waals surface area contributed by atoms with Gasteiger partial charge in [0.05, 0.1) is 0 Å². The van der Waals surface area contributed by atoms with E-state index in [0.717, 1.165) is 31.7 Å². The summed E-state index contributed by atoms with van der Waals surface area (Å²) in [6.45, 7) is 5.34. The van der Waals surface area contributed by atoms with Gasteiger partial charge in [-0.3, -0.25) is 4.79 Å². The zero-order valence-electron chi connectivity index (χ0n) is 12.5. The van der Waals surface area contributed by atoms with Gasteiger partial charge in [0.2, 0.25) is 5.91 Å². The third kappa shape index (κ3) is 3.71. The van der Waals surface area contributed by atoms with Gasteiger partial charge >= 0.3 is 0 Å². The van der Waals surface area contributed by atoms with Crippen LogP contribution in [0.5, 0.6) is 0 Å². The van der Waals surface area contributed by atoms with Crippen molar-refractivity contribution in [2.45, 2.75) is 64.8 Å². The standard InChI is InChI=1S/C16H30N2O/c1-11-6-3-4-7-13(11)10-18-16(19)14-8-5-9-15(17)12(14)2/h11-15H,3-10,17H2,1-2H3,(H,18,19).